The van der Waals surface area contributed by atoms with Gasteiger partial charge in [-0.2, -0.15) is 4.98 Å². The summed E-state index contributed by atoms with van der Waals surface area (Å²) in [5.74, 6) is 0.508. The Kier molecular flexibility index (Phi) is 3.39. The Morgan fingerprint density at radius 3 is 2.71 bits per heavy atom. The summed E-state index contributed by atoms with van der Waals surface area (Å²) in [5, 5.41) is 3.90. The van der Waals surface area contributed by atoms with E-state index in [9.17, 15) is 4.39 Å². The molecule has 1 aromatic heterocycles. The Balaban J connectivity index is 1.92. The molecule has 0 saturated heterocycles. The molecule has 2 aromatic carbocycles. The highest BCUT2D eigenvalue weighted by Gasteiger charge is 2.15. The molecule has 0 unspecified atom stereocenters. The second-order valence-electron chi connectivity index (χ2n) is 4.82. The molecule has 0 radical (unpaired) electrons. The van der Waals surface area contributed by atoms with Gasteiger partial charge < -0.3 is 10.3 Å². The van der Waals surface area contributed by atoms with E-state index in [4.69, 9.17) is 10.3 Å². The summed E-state index contributed by atoms with van der Waals surface area (Å²) < 4.78 is 18.9. The molecular formula is C16H14FN3O. The number of nitrogens with zero attached hydrogens (tertiary/aromatic N) is 2. The minimum absolute atomic E-state index is 0.278. The summed E-state index contributed by atoms with van der Waals surface area (Å²) in [6.45, 7) is 1.92. The zero-order chi connectivity index (χ0) is 14.8. The van der Waals surface area contributed by atoms with Crippen LogP contribution in [0.3, 0.4) is 0 Å². The number of aromatic nitrogens is 2. The van der Waals surface area contributed by atoms with Gasteiger partial charge in [-0.15, -0.1) is 0 Å². The van der Waals surface area contributed by atoms with Gasteiger partial charge in [0.25, 0.3) is 5.89 Å². The van der Waals surface area contributed by atoms with E-state index < -0.39 is 0 Å². The lowest BCUT2D eigenvalue weighted by Crippen LogP contribution is -1.95. The van der Waals surface area contributed by atoms with Crippen molar-refractivity contribution in [2.75, 3.05) is 5.73 Å². The summed E-state index contributed by atoms with van der Waals surface area (Å²) in [6.07, 6.45) is 0.280. The van der Waals surface area contributed by atoms with Crippen LogP contribution in [0.4, 0.5) is 10.1 Å². The summed E-state index contributed by atoms with van der Waals surface area (Å²) in [4.78, 5) is 4.31. The monoisotopic (exact) mass is 283 g/mol. The normalized spacial score (nSPS) is 10.8. The molecule has 5 heteroatoms. The van der Waals surface area contributed by atoms with Gasteiger partial charge in [-0.3, -0.25) is 0 Å². The number of hydrogen-bond donors (Lipinski definition) is 1. The van der Waals surface area contributed by atoms with Crippen LogP contribution in [0.15, 0.2) is 47.0 Å². The number of nitrogen functional groups attached to an aromatic ring is 1. The molecule has 0 saturated carbocycles. The van der Waals surface area contributed by atoms with Crippen molar-refractivity contribution in [2.24, 2.45) is 0 Å². The first-order valence-electron chi connectivity index (χ1n) is 6.56. The lowest BCUT2D eigenvalue weighted by Gasteiger charge is -2.03. The van der Waals surface area contributed by atoms with Gasteiger partial charge in [0, 0.05) is 12.1 Å². The van der Waals surface area contributed by atoms with Crippen molar-refractivity contribution in [2.45, 2.75) is 13.3 Å². The van der Waals surface area contributed by atoms with Crippen LogP contribution in [0, 0.1) is 12.7 Å². The fourth-order valence-corrected chi connectivity index (χ4v) is 2.22. The average Bonchev–Trinajstić information content (AvgIpc) is 2.89. The van der Waals surface area contributed by atoms with Gasteiger partial charge in [-0.05, 0) is 30.2 Å². The molecule has 21 heavy (non-hydrogen) atoms. The Hall–Kier alpha value is -2.69. The molecule has 4 nitrogen and oxygen atoms in total. The molecule has 0 atom stereocenters. The maximum absolute atomic E-state index is 13.6. The first-order valence-corrected chi connectivity index (χ1v) is 6.56. The van der Waals surface area contributed by atoms with Crippen LogP contribution >= 0.6 is 0 Å². The number of hydrogen-bond acceptors (Lipinski definition) is 4. The minimum atomic E-state index is -0.278. The first-order chi connectivity index (χ1) is 10.1. The van der Waals surface area contributed by atoms with E-state index >= 15 is 0 Å². The topological polar surface area (TPSA) is 64.9 Å². The third-order valence-electron chi connectivity index (χ3n) is 3.29. The second-order valence-corrected chi connectivity index (χ2v) is 4.82. The zero-order valence-corrected chi connectivity index (χ0v) is 11.5. The van der Waals surface area contributed by atoms with E-state index in [1.165, 1.54) is 6.07 Å². The van der Waals surface area contributed by atoms with Crippen molar-refractivity contribution in [3.05, 3.63) is 65.2 Å². The Morgan fingerprint density at radius 1 is 1.14 bits per heavy atom. The van der Waals surface area contributed by atoms with Gasteiger partial charge in [-0.1, -0.05) is 35.5 Å². The van der Waals surface area contributed by atoms with Crippen LogP contribution in [0.25, 0.3) is 11.5 Å². The lowest BCUT2D eigenvalue weighted by molar-refractivity contribution is 0.423. The van der Waals surface area contributed by atoms with Crippen LogP contribution in [0.1, 0.15) is 17.0 Å². The zero-order valence-electron chi connectivity index (χ0n) is 11.5. The predicted octanol–water partition coefficient (Wildman–Crippen LogP) is 3.36. The fourth-order valence-electron chi connectivity index (χ4n) is 2.22. The number of aryl methyl sites for hydroxylation is 1. The van der Waals surface area contributed by atoms with E-state index in [-0.39, 0.29) is 12.2 Å². The number of anilines is 1. The van der Waals surface area contributed by atoms with Gasteiger partial charge in [0.15, 0.2) is 5.82 Å². The minimum Gasteiger partial charge on any atom is -0.398 e. The molecule has 1 heterocycles. The Bertz CT molecular complexity index is 762. The standard InChI is InChI=1S/C16H14FN3O/c1-10-5-4-8-13(18)15(10)16-19-14(20-21-16)9-11-6-2-3-7-12(11)17/h2-8H,9,18H2,1H3. The van der Waals surface area contributed by atoms with Crippen molar-refractivity contribution in [3.8, 4) is 11.5 Å². The Labute approximate surface area is 121 Å². The predicted molar refractivity (Wildman–Crippen MR) is 78.1 cm³/mol. The molecule has 0 fully saturated rings. The number of halogens is 1. The summed E-state index contributed by atoms with van der Waals surface area (Å²) in [7, 11) is 0. The number of rotatable bonds is 3. The largest absolute Gasteiger partial charge is 0.398 e. The molecule has 0 spiro atoms. The van der Waals surface area contributed by atoms with Crippen LogP contribution < -0.4 is 5.73 Å². The first kappa shape index (κ1) is 13.3. The van der Waals surface area contributed by atoms with Crippen LogP contribution in [0.2, 0.25) is 0 Å². The smallest absolute Gasteiger partial charge is 0.260 e. The molecule has 0 bridgehead atoms. The van der Waals surface area contributed by atoms with Gasteiger partial charge >= 0.3 is 0 Å². The van der Waals surface area contributed by atoms with Crippen molar-refractivity contribution in [1.29, 1.82) is 0 Å². The van der Waals surface area contributed by atoms with E-state index in [2.05, 4.69) is 10.1 Å². The van der Waals surface area contributed by atoms with Crippen LogP contribution in [0.5, 0.6) is 0 Å². The lowest BCUT2D eigenvalue weighted by atomic mass is 10.1. The van der Waals surface area contributed by atoms with E-state index in [0.717, 1.165) is 11.1 Å². The molecule has 0 aliphatic heterocycles. The molecule has 106 valence electrons. The van der Waals surface area contributed by atoms with E-state index in [1.54, 1.807) is 24.3 Å². The van der Waals surface area contributed by atoms with Gasteiger partial charge in [-0.25, -0.2) is 4.39 Å². The summed E-state index contributed by atoms with van der Waals surface area (Å²) >= 11 is 0. The third kappa shape index (κ3) is 2.63. The molecule has 2 N–H and O–H groups in total. The molecule has 3 aromatic rings. The highest BCUT2D eigenvalue weighted by molar-refractivity contribution is 5.73. The fraction of sp³-hybridized carbons (Fsp3) is 0.125. The quantitative estimate of drug-likeness (QED) is 0.748. The van der Waals surface area contributed by atoms with E-state index in [0.29, 0.717) is 23.0 Å². The molecular weight excluding hydrogens is 269 g/mol. The van der Waals surface area contributed by atoms with E-state index in [1.807, 2.05) is 19.1 Å². The van der Waals surface area contributed by atoms with Crippen molar-refractivity contribution < 1.29 is 8.91 Å². The Morgan fingerprint density at radius 2 is 1.95 bits per heavy atom. The third-order valence-corrected chi connectivity index (χ3v) is 3.29. The van der Waals surface area contributed by atoms with Crippen molar-refractivity contribution in [1.82, 2.24) is 10.1 Å². The highest BCUT2D eigenvalue weighted by atomic mass is 19.1. The highest BCUT2D eigenvalue weighted by Crippen LogP contribution is 2.28. The number of nitrogens with two attached hydrogens (primary N) is 1. The van der Waals surface area contributed by atoms with Crippen molar-refractivity contribution >= 4 is 5.69 Å². The van der Waals surface area contributed by atoms with Gasteiger partial charge in [0.1, 0.15) is 5.82 Å². The van der Waals surface area contributed by atoms with Gasteiger partial charge in [0.2, 0.25) is 0 Å². The maximum Gasteiger partial charge on any atom is 0.260 e. The SMILES string of the molecule is Cc1cccc(N)c1-c1nc(Cc2ccccc2F)no1. The van der Waals surface area contributed by atoms with Gasteiger partial charge in [0.05, 0.1) is 5.56 Å². The van der Waals surface area contributed by atoms with Crippen molar-refractivity contribution in [3.63, 3.8) is 0 Å². The molecule has 0 aliphatic carbocycles. The van der Waals surface area contributed by atoms with Crippen LogP contribution in [-0.4, -0.2) is 10.1 Å². The maximum atomic E-state index is 13.6. The molecule has 0 aliphatic rings. The summed E-state index contributed by atoms with van der Waals surface area (Å²) in [5.41, 5.74) is 8.74. The second kappa shape index (κ2) is 5.36. The number of benzene rings is 2. The summed E-state index contributed by atoms with van der Waals surface area (Å²) in [6, 6.07) is 12.1. The molecule has 3 rings (SSSR count). The molecule has 0 amide bonds. The average molecular weight is 283 g/mol. The van der Waals surface area contributed by atoms with Crippen LogP contribution in [-0.2, 0) is 6.42 Å².